The summed E-state index contributed by atoms with van der Waals surface area (Å²) in [5.74, 6) is -0.389. The number of hydrogen-bond acceptors (Lipinski definition) is 2. The second-order valence-electron chi connectivity index (χ2n) is 3.36. The van der Waals surface area contributed by atoms with Gasteiger partial charge >= 0.3 is 0 Å². The molecule has 0 bridgehead atoms. The average molecular weight is 293 g/mol. The molecule has 17 heavy (non-hydrogen) atoms. The molecule has 0 aliphatic carbocycles. The van der Waals surface area contributed by atoms with Crippen molar-refractivity contribution in [2.75, 3.05) is 0 Å². The van der Waals surface area contributed by atoms with Crippen LogP contribution in [0.15, 0.2) is 39.6 Å². The molecule has 5 heteroatoms. The summed E-state index contributed by atoms with van der Waals surface area (Å²) in [6.45, 7) is 0. The Hall–Kier alpha value is -1.93. The Bertz CT molecular complexity index is 673. The number of nitrogens with one attached hydrogen (secondary N) is 1. The molecule has 0 amide bonds. The number of aromatic amines is 1. The molecule has 2 aromatic rings. The number of aromatic nitrogens is 1. The standard InChI is InChI=1S/C12H6BrFN2O/c13-10-5-8(6-15)12(17)16-11(10)7-2-1-3-9(14)4-7/h1-5H,(H,16,17). The molecule has 1 aromatic heterocycles. The maximum absolute atomic E-state index is 13.1. The number of nitrogens with zero attached hydrogens (tertiary/aromatic N) is 1. The summed E-state index contributed by atoms with van der Waals surface area (Å²) in [6, 6.07) is 9.04. The summed E-state index contributed by atoms with van der Waals surface area (Å²) in [6.07, 6.45) is 0. The van der Waals surface area contributed by atoms with Gasteiger partial charge in [0.25, 0.3) is 5.56 Å². The predicted molar refractivity (Wildman–Crippen MR) is 64.9 cm³/mol. The number of hydrogen-bond donors (Lipinski definition) is 1. The first-order chi connectivity index (χ1) is 8.11. The minimum Gasteiger partial charge on any atom is -0.320 e. The van der Waals surface area contributed by atoms with Crippen LogP contribution in [0, 0.1) is 17.1 Å². The monoisotopic (exact) mass is 292 g/mol. The van der Waals surface area contributed by atoms with E-state index in [0.717, 1.165) is 0 Å². The summed E-state index contributed by atoms with van der Waals surface area (Å²) in [4.78, 5) is 14.0. The molecule has 0 saturated heterocycles. The summed E-state index contributed by atoms with van der Waals surface area (Å²) >= 11 is 3.24. The van der Waals surface area contributed by atoms with Gasteiger partial charge in [0.2, 0.25) is 0 Å². The number of H-pyrrole nitrogens is 1. The van der Waals surface area contributed by atoms with E-state index in [2.05, 4.69) is 20.9 Å². The van der Waals surface area contributed by atoms with E-state index in [1.165, 1.54) is 18.2 Å². The van der Waals surface area contributed by atoms with Crippen LogP contribution in [-0.4, -0.2) is 4.98 Å². The SMILES string of the molecule is N#Cc1cc(Br)c(-c2cccc(F)c2)[nH]c1=O. The van der Waals surface area contributed by atoms with Crippen LogP contribution in [0.4, 0.5) is 4.39 Å². The molecule has 0 spiro atoms. The zero-order chi connectivity index (χ0) is 12.4. The van der Waals surface area contributed by atoms with Crippen LogP contribution in [0.1, 0.15) is 5.56 Å². The highest BCUT2D eigenvalue weighted by Crippen LogP contribution is 2.25. The van der Waals surface area contributed by atoms with Crippen molar-refractivity contribution in [1.29, 1.82) is 5.26 Å². The largest absolute Gasteiger partial charge is 0.320 e. The van der Waals surface area contributed by atoms with E-state index < -0.39 is 5.56 Å². The van der Waals surface area contributed by atoms with Crippen molar-refractivity contribution < 1.29 is 4.39 Å². The summed E-state index contributed by atoms with van der Waals surface area (Å²) in [5, 5.41) is 8.70. The van der Waals surface area contributed by atoms with E-state index in [0.29, 0.717) is 15.7 Å². The second-order valence-corrected chi connectivity index (χ2v) is 4.21. The van der Waals surface area contributed by atoms with Crippen LogP contribution in [0.2, 0.25) is 0 Å². The summed E-state index contributed by atoms with van der Waals surface area (Å²) in [7, 11) is 0. The molecule has 2 rings (SSSR count). The zero-order valence-corrected chi connectivity index (χ0v) is 10.1. The number of benzene rings is 1. The Kier molecular flexibility index (Phi) is 3.07. The van der Waals surface area contributed by atoms with Gasteiger partial charge < -0.3 is 4.98 Å². The Morgan fingerprint density at radius 3 is 2.76 bits per heavy atom. The first kappa shape index (κ1) is 11.6. The van der Waals surface area contributed by atoms with Gasteiger partial charge in [0, 0.05) is 10.0 Å². The first-order valence-corrected chi connectivity index (χ1v) is 5.50. The van der Waals surface area contributed by atoms with Gasteiger partial charge in [-0.25, -0.2) is 4.39 Å². The molecule has 0 aliphatic rings. The quantitative estimate of drug-likeness (QED) is 0.879. The molecule has 0 aliphatic heterocycles. The molecular formula is C12H6BrFN2O. The number of nitriles is 1. The molecule has 0 radical (unpaired) electrons. The maximum Gasteiger partial charge on any atom is 0.266 e. The Labute approximate surface area is 105 Å². The number of pyridine rings is 1. The second kappa shape index (κ2) is 4.52. The van der Waals surface area contributed by atoms with Gasteiger partial charge in [0.15, 0.2) is 0 Å². The topological polar surface area (TPSA) is 56.6 Å². The Balaban J connectivity index is 2.66. The lowest BCUT2D eigenvalue weighted by molar-refractivity contribution is 0.628. The lowest BCUT2D eigenvalue weighted by atomic mass is 10.1. The van der Waals surface area contributed by atoms with Crippen molar-refractivity contribution in [2.24, 2.45) is 0 Å². The highest BCUT2D eigenvalue weighted by atomic mass is 79.9. The summed E-state index contributed by atoms with van der Waals surface area (Å²) < 4.78 is 13.6. The van der Waals surface area contributed by atoms with E-state index in [-0.39, 0.29) is 11.4 Å². The normalized spacial score (nSPS) is 9.94. The van der Waals surface area contributed by atoms with Crippen molar-refractivity contribution in [2.45, 2.75) is 0 Å². The zero-order valence-electron chi connectivity index (χ0n) is 8.50. The average Bonchev–Trinajstić information content (AvgIpc) is 2.31. The first-order valence-electron chi connectivity index (χ1n) is 4.70. The lowest BCUT2D eigenvalue weighted by Crippen LogP contribution is -2.11. The third kappa shape index (κ3) is 2.27. The Morgan fingerprint density at radius 1 is 1.35 bits per heavy atom. The Morgan fingerprint density at radius 2 is 2.12 bits per heavy atom. The molecule has 0 unspecified atom stereocenters. The fourth-order valence-electron chi connectivity index (χ4n) is 1.44. The van der Waals surface area contributed by atoms with E-state index in [4.69, 9.17) is 5.26 Å². The highest BCUT2D eigenvalue weighted by molar-refractivity contribution is 9.10. The van der Waals surface area contributed by atoms with Crippen LogP contribution >= 0.6 is 15.9 Å². The van der Waals surface area contributed by atoms with Gasteiger partial charge in [0.05, 0.1) is 5.69 Å². The molecule has 0 saturated carbocycles. The minimum absolute atomic E-state index is 0.0111. The number of halogens is 2. The van der Waals surface area contributed by atoms with Crippen molar-refractivity contribution in [3.8, 4) is 17.3 Å². The van der Waals surface area contributed by atoms with Crippen LogP contribution in [-0.2, 0) is 0 Å². The van der Waals surface area contributed by atoms with Crippen LogP contribution in [0.5, 0.6) is 0 Å². The fourth-order valence-corrected chi connectivity index (χ4v) is 2.00. The van der Waals surface area contributed by atoms with Crippen LogP contribution in [0.25, 0.3) is 11.3 Å². The smallest absolute Gasteiger partial charge is 0.266 e. The van der Waals surface area contributed by atoms with E-state index in [1.807, 2.05) is 0 Å². The van der Waals surface area contributed by atoms with Gasteiger partial charge in [-0.1, -0.05) is 12.1 Å². The van der Waals surface area contributed by atoms with Crippen molar-refractivity contribution >= 4 is 15.9 Å². The van der Waals surface area contributed by atoms with Crippen molar-refractivity contribution in [1.82, 2.24) is 4.98 Å². The van der Waals surface area contributed by atoms with E-state index >= 15 is 0 Å². The van der Waals surface area contributed by atoms with Crippen molar-refractivity contribution in [3.63, 3.8) is 0 Å². The molecular weight excluding hydrogens is 287 g/mol. The van der Waals surface area contributed by atoms with Crippen molar-refractivity contribution in [3.05, 3.63) is 56.5 Å². The highest BCUT2D eigenvalue weighted by Gasteiger charge is 2.08. The third-order valence-corrected chi connectivity index (χ3v) is 2.85. The van der Waals surface area contributed by atoms with Crippen LogP contribution in [0.3, 0.4) is 0 Å². The van der Waals surface area contributed by atoms with Crippen LogP contribution < -0.4 is 5.56 Å². The van der Waals surface area contributed by atoms with Gasteiger partial charge in [-0.05, 0) is 34.1 Å². The molecule has 1 N–H and O–H groups in total. The molecule has 84 valence electrons. The molecule has 0 fully saturated rings. The molecule has 1 aromatic carbocycles. The van der Waals surface area contributed by atoms with Gasteiger partial charge in [-0.3, -0.25) is 4.79 Å². The van der Waals surface area contributed by atoms with Gasteiger partial charge in [-0.15, -0.1) is 0 Å². The van der Waals surface area contributed by atoms with E-state index in [1.54, 1.807) is 18.2 Å². The van der Waals surface area contributed by atoms with Gasteiger partial charge in [-0.2, -0.15) is 5.26 Å². The molecule has 3 nitrogen and oxygen atoms in total. The maximum atomic E-state index is 13.1. The predicted octanol–water partition coefficient (Wildman–Crippen LogP) is 2.82. The lowest BCUT2D eigenvalue weighted by Gasteiger charge is -2.04. The number of rotatable bonds is 1. The molecule has 1 heterocycles. The fraction of sp³-hybridized carbons (Fsp3) is 0. The van der Waals surface area contributed by atoms with Gasteiger partial charge in [0.1, 0.15) is 17.4 Å². The van der Waals surface area contributed by atoms with E-state index in [9.17, 15) is 9.18 Å². The minimum atomic E-state index is -0.491. The molecule has 0 atom stereocenters. The third-order valence-electron chi connectivity index (χ3n) is 2.23. The summed E-state index contributed by atoms with van der Waals surface area (Å²) in [5.41, 5.74) is 0.513.